The largest absolute Gasteiger partial charge is 0.457 e. The molecule has 2 aromatic rings. The number of hydrogen-bond donors (Lipinski definition) is 0. The lowest BCUT2D eigenvalue weighted by molar-refractivity contribution is -0.189. The van der Waals surface area contributed by atoms with Gasteiger partial charge in [0.2, 0.25) is 11.8 Å². The third kappa shape index (κ3) is 7.49. The number of alkyl halides is 3. The minimum absolute atomic E-state index is 0.121. The Morgan fingerprint density at radius 2 is 1.89 bits per heavy atom. The van der Waals surface area contributed by atoms with Crippen LogP contribution < -0.4 is 4.74 Å². The van der Waals surface area contributed by atoms with Gasteiger partial charge in [0, 0.05) is 37.7 Å². The third-order valence-electron chi connectivity index (χ3n) is 7.07. The summed E-state index contributed by atoms with van der Waals surface area (Å²) in [5.74, 6) is 2.18. The Morgan fingerprint density at radius 3 is 2.57 bits per heavy atom. The molecule has 1 fully saturated rings. The molecule has 3 heterocycles. The average molecular weight is 515 g/mol. The summed E-state index contributed by atoms with van der Waals surface area (Å²) in [5.41, 5.74) is 0.878. The Balaban J connectivity index is 1.14. The van der Waals surface area contributed by atoms with Gasteiger partial charge in [0.15, 0.2) is 6.10 Å². The van der Waals surface area contributed by atoms with E-state index in [1.165, 1.54) is 11.3 Å². The lowest BCUT2D eigenvalue weighted by atomic mass is 9.78. The second kappa shape index (κ2) is 11.4. The first-order valence-electron chi connectivity index (χ1n) is 12.4. The van der Waals surface area contributed by atoms with Crippen LogP contribution in [0.4, 0.5) is 13.2 Å². The lowest BCUT2D eigenvalue weighted by Crippen LogP contribution is -2.31. The van der Waals surface area contributed by atoms with E-state index >= 15 is 0 Å². The standard InChI is InChI=1S/C24H33F3N4O3S/c1-15(24(25,26)27)33-23-28-20-8-11-31(12-9-21(20)35-23)10-7-17-3-5-18(6-4-17)13-19(32)14-22-30-29-16(2)34-22/h15,17-18H,3-14H2,1-2H3/t15-,17?,18?/m0/s1. The van der Waals surface area contributed by atoms with Gasteiger partial charge >= 0.3 is 6.18 Å². The first-order valence-corrected chi connectivity index (χ1v) is 13.2. The first kappa shape index (κ1) is 26.1. The highest BCUT2D eigenvalue weighted by Crippen LogP contribution is 2.34. The fraction of sp³-hybridized carbons (Fsp3) is 0.750. The van der Waals surface area contributed by atoms with Crippen LogP contribution in [-0.4, -0.2) is 57.8 Å². The Kier molecular flexibility index (Phi) is 8.46. The van der Waals surface area contributed by atoms with E-state index in [9.17, 15) is 18.0 Å². The molecule has 7 nitrogen and oxygen atoms in total. The molecular weight excluding hydrogens is 481 g/mol. The molecular formula is C24H33F3N4O3S. The molecule has 0 amide bonds. The zero-order chi connectivity index (χ0) is 25.0. The quantitative estimate of drug-likeness (QED) is 0.468. The summed E-state index contributed by atoms with van der Waals surface area (Å²) in [6.45, 7) is 5.51. The molecule has 1 atom stereocenters. The van der Waals surface area contributed by atoms with Crippen LogP contribution in [-0.2, 0) is 24.1 Å². The molecule has 0 saturated heterocycles. The smallest absolute Gasteiger partial charge is 0.425 e. The lowest BCUT2D eigenvalue weighted by Gasteiger charge is -2.30. The van der Waals surface area contributed by atoms with Gasteiger partial charge < -0.3 is 14.1 Å². The Labute approximate surface area is 207 Å². The third-order valence-corrected chi connectivity index (χ3v) is 8.12. The van der Waals surface area contributed by atoms with E-state index in [0.717, 1.165) is 82.1 Å². The molecule has 0 spiro atoms. The molecule has 0 unspecified atom stereocenters. The van der Waals surface area contributed by atoms with Gasteiger partial charge in [0.25, 0.3) is 5.19 Å². The maximum Gasteiger partial charge on any atom is 0.425 e. The molecule has 0 N–H and O–H groups in total. The Morgan fingerprint density at radius 1 is 1.17 bits per heavy atom. The Bertz CT molecular complexity index is 960. The number of fused-ring (bicyclic) bond motifs is 1. The molecule has 0 bridgehead atoms. The van der Waals surface area contributed by atoms with E-state index in [4.69, 9.17) is 9.15 Å². The van der Waals surface area contributed by atoms with Crippen molar-refractivity contribution in [2.45, 2.75) is 83.9 Å². The van der Waals surface area contributed by atoms with E-state index in [1.54, 1.807) is 6.92 Å². The number of aromatic nitrogens is 3. The van der Waals surface area contributed by atoms with E-state index < -0.39 is 12.3 Å². The highest BCUT2D eigenvalue weighted by molar-refractivity contribution is 7.13. The van der Waals surface area contributed by atoms with Crippen LogP contribution in [0.5, 0.6) is 5.19 Å². The number of halogens is 3. The number of carbonyl (C=O) groups excluding carboxylic acids is 1. The predicted molar refractivity (Wildman–Crippen MR) is 125 cm³/mol. The predicted octanol–water partition coefficient (Wildman–Crippen LogP) is 4.96. The van der Waals surface area contributed by atoms with Crippen LogP contribution in [0.2, 0.25) is 0 Å². The van der Waals surface area contributed by atoms with E-state index in [-0.39, 0.29) is 17.4 Å². The van der Waals surface area contributed by atoms with E-state index in [1.807, 2.05) is 0 Å². The van der Waals surface area contributed by atoms with E-state index in [0.29, 0.717) is 30.0 Å². The highest BCUT2D eigenvalue weighted by Gasteiger charge is 2.39. The van der Waals surface area contributed by atoms with Crippen molar-refractivity contribution >= 4 is 17.1 Å². The number of carbonyl (C=O) groups is 1. The highest BCUT2D eigenvalue weighted by atomic mass is 32.1. The molecule has 0 aromatic carbocycles. The van der Waals surface area contributed by atoms with Gasteiger partial charge in [-0.25, -0.2) is 4.98 Å². The maximum atomic E-state index is 12.8. The molecule has 2 aliphatic rings. The monoisotopic (exact) mass is 514 g/mol. The number of aryl methyl sites for hydroxylation is 1. The van der Waals surface area contributed by atoms with Crippen molar-refractivity contribution in [2.24, 2.45) is 11.8 Å². The van der Waals surface area contributed by atoms with Crippen LogP contribution >= 0.6 is 11.3 Å². The van der Waals surface area contributed by atoms with Gasteiger partial charge in [-0.15, -0.1) is 10.2 Å². The van der Waals surface area contributed by atoms with Gasteiger partial charge in [-0.05, 0) is 51.0 Å². The van der Waals surface area contributed by atoms with Crippen LogP contribution in [0, 0.1) is 18.8 Å². The minimum atomic E-state index is -4.39. The van der Waals surface area contributed by atoms with Crippen LogP contribution in [0.15, 0.2) is 4.42 Å². The summed E-state index contributed by atoms with van der Waals surface area (Å²) in [4.78, 5) is 20.1. The number of thiazole rings is 1. The van der Waals surface area contributed by atoms with Crippen LogP contribution in [0.1, 0.15) is 67.8 Å². The van der Waals surface area contributed by atoms with Gasteiger partial charge in [0.05, 0.1) is 12.1 Å². The number of nitrogens with zero attached hydrogens (tertiary/aromatic N) is 4. The summed E-state index contributed by atoms with van der Waals surface area (Å²) in [7, 11) is 0. The minimum Gasteiger partial charge on any atom is -0.457 e. The molecule has 1 aliphatic heterocycles. The van der Waals surface area contributed by atoms with Gasteiger partial charge in [-0.2, -0.15) is 13.2 Å². The zero-order valence-corrected chi connectivity index (χ0v) is 21.1. The SMILES string of the molecule is Cc1nnc(CC(=O)CC2CCC(CCN3CCc4nc(O[C@@H](C)C(F)(F)F)sc4CC3)CC2)o1. The second-order valence-electron chi connectivity index (χ2n) is 9.80. The Hall–Kier alpha value is -2.01. The van der Waals surface area contributed by atoms with Crippen molar-refractivity contribution in [3.63, 3.8) is 0 Å². The van der Waals surface area contributed by atoms with Crippen LogP contribution in [0.3, 0.4) is 0 Å². The fourth-order valence-electron chi connectivity index (χ4n) is 4.94. The van der Waals surface area contributed by atoms with Crippen molar-refractivity contribution in [2.75, 3.05) is 19.6 Å². The van der Waals surface area contributed by atoms with E-state index in [2.05, 4.69) is 20.1 Å². The first-order chi connectivity index (χ1) is 16.7. The number of rotatable bonds is 9. The summed E-state index contributed by atoms with van der Waals surface area (Å²) >= 11 is 1.25. The molecule has 35 heavy (non-hydrogen) atoms. The number of ether oxygens (including phenoxy) is 1. The topological polar surface area (TPSA) is 81.4 Å². The van der Waals surface area contributed by atoms with Crippen molar-refractivity contribution < 1.29 is 27.1 Å². The molecule has 4 rings (SSSR count). The molecule has 194 valence electrons. The molecule has 1 saturated carbocycles. The molecule has 2 aromatic heterocycles. The number of Topliss-reactive ketones (excluding diaryl/α,β-unsaturated/α-hetero) is 1. The van der Waals surface area contributed by atoms with Crippen LogP contribution in [0.25, 0.3) is 0 Å². The summed E-state index contributed by atoms with van der Waals surface area (Å²) < 4.78 is 48.6. The second-order valence-corrected chi connectivity index (χ2v) is 10.8. The van der Waals surface area contributed by atoms with Gasteiger partial charge in [-0.3, -0.25) is 4.79 Å². The van der Waals surface area contributed by atoms with Gasteiger partial charge in [0.1, 0.15) is 5.78 Å². The number of hydrogen-bond acceptors (Lipinski definition) is 8. The number of ketones is 1. The molecule has 11 heteroatoms. The van der Waals surface area contributed by atoms with Gasteiger partial charge in [-0.1, -0.05) is 24.2 Å². The summed E-state index contributed by atoms with van der Waals surface area (Å²) in [6, 6.07) is 0. The normalized spacial score (nSPS) is 22.4. The summed E-state index contributed by atoms with van der Waals surface area (Å²) in [5, 5.41) is 7.80. The fourth-order valence-corrected chi connectivity index (χ4v) is 5.96. The maximum absolute atomic E-state index is 12.8. The molecule has 1 aliphatic carbocycles. The summed E-state index contributed by atoms with van der Waals surface area (Å²) in [6.07, 6.45) is 1.72. The van der Waals surface area contributed by atoms with Crippen molar-refractivity contribution in [3.8, 4) is 5.19 Å². The van der Waals surface area contributed by atoms with Crippen molar-refractivity contribution in [3.05, 3.63) is 22.4 Å². The van der Waals surface area contributed by atoms with Crippen molar-refractivity contribution in [1.82, 2.24) is 20.1 Å². The molecule has 0 radical (unpaired) electrons. The average Bonchev–Trinajstić information content (AvgIpc) is 3.33. The zero-order valence-electron chi connectivity index (χ0n) is 20.3. The van der Waals surface area contributed by atoms with Crippen molar-refractivity contribution in [1.29, 1.82) is 0 Å².